The molecule has 1 aromatic heterocycles. The molecule has 0 amide bonds. The molecule has 0 aliphatic heterocycles. The van der Waals surface area contributed by atoms with Gasteiger partial charge >= 0.3 is 0 Å². The summed E-state index contributed by atoms with van der Waals surface area (Å²) in [6, 6.07) is 0. The molecule has 4 nitrogen and oxygen atoms in total. The lowest BCUT2D eigenvalue weighted by Gasteiger charge is -2.02. The Morgan fingerprint density at radius 1 is 0.517 bits per heavy atom. The Hall–Kier alpha value is -0.870. The number of aromatic nitrogens is 2. The van der Waals surface area contributed by atoms with E-state index in [1.807, 2.05) is 0 Å². The lowest BCUT2D eigenvalue weighted by Crippen LogP contribution is -2.30. The molecule has 0 unspecified atom stereocenters. The van der Waals surface area contributed by atoms with Gasteiger partial charge in [-0.15, -0.1) is 0 Å². The molecule has 0 aromatic carbocycles. The van der Waals surface area contributed by atoms with Crippen LogP contribution >= 0.6 is 0 Å². The van der Waals surface area contributed by atoms with Crippen LogP contribution in [0.3, 0.4) is 0 Å². The summed E-state index contributed by atoms with van der Waals surface area (Å²) in [5, 5.41) is 17.5. The van der Waals surface area contributed by atoms with Crippen LogP contribution in [0.25, 0.3) is 0 Å². The van der Waals surface area contributed by atoms with E-state index in [1.54, 1.807) is 0 Å². The molecule has 0 spiro atoms. The summed E-state index contributed by atoms with van der Waals surface area (Å²) in [7, 11) is 0. The highest BCUT2D eigenvalue weighted by molar-refractivity contribution is 4.66. The van der Waals surface area contributed by atoms with Crippen molar-refractivity contribution >= 4 is 0 Å². The summed E-state index contributed by atoms with van der Waals surface area (Å²) in [5.41, 5.74) is 0. The second-order valence-electron chi connectivity index (χ2n) is 8.70. The zero-order valence-corrected chi connectivity index (χ0v) is 19.1. The molecular formula is C25H49N2O2+. The summed E-state index contributed by atoms with van der Waals surface area (Å²) < 4.78 is 4.70. The van der Waals surface area contributed by atoms with Gasteiger partial charge in [0.05, 0.1) is 13.1 Å². The third kappa shape index (κ3) is 16.6. The van der Waals surface area contributed by atoms with Crippen LogP contribution in [-0.4, -0.2) is 28.0 Å². The molecule has 0 atom stereocenters. The molecule has 0 radical (unpaired) electrons. The van der Waals surface area contributed by atoms with Crippen molar-refractivity contribution in [3.8, 4) is 0 Å². The monoisotopic (exact) mass is 409 g/mol. The predicted molar refractivity (Wildman–Crippen MR) is 122 cm³/mol. The van der Waals surface area contributed by atoms with Gasteiger partial charge in [-0.05, 0) is 38.5 Å². The number of aryl methyl sites for hydroxylation is 2. The minimum Gasteiger partial charge on any atom is -0.396 e. The summed E-state index contributed by atoms with van der Waals surface area (Å²) in [5.74, 6) is 0. The van der Waals surface area contributed by atoms with Crippen molar-refractivity contribution in [2.24, 2.45) is 0 Å². The van der Waals surface area contributed by atoms with Gasteiger partial charge in [0, 0.05) is 13.2 Å². The maximum atomic E-state index is 8.76. The van der Waals surface area contributed by atoms with Gasteiger partial charge in [0.1, 0.15) is 12.4 Å². The first-order chi connectivity index (χ1) is 14.4. The lowest BCUT2D eigenvalue weighted by molar-refractivity contribution is -0.696. The zero-order valence-electron chi connectivity index (χ0n) is 19.1. The van der Waals surface area contributed by atoms with Crippen LogP contribution in [0.4, 0.5) is 0 Å². The molecule has 0 aliphatic rings. The second kappa shape index (κ2) is 20.4. The predicted octanol–water partition coefficient (Wildman–Crippen LogP) is 5.78. The fourth-order valence-electron chi connectivity index (χ4n) is 3.99. The number of hydrogen-bond acceptors (Lipinski definition) is 2. The average Bonchev–Trinajstić information content (AvgIpc) is 3.18. The molecule has 4 heteroatoms. The van der Waals surface area contributed by atoms with Gasteiger partial charge in [0.15, 0.2) is 0 Å². The number of hydrogen-bond donors (Lipinski definition) is 2. The minimum absolute atomic E-state index is 0.354. The average molecular weight is 410 g/mol. The Morgan fingerprint density at radius 2 is 0.931 bits per heavy atom. The van der Waals surface area contributed by atoms with Gasteiger partial charge in [-0.3, -0.25) is 0 Å². The van der Waals surface area contributed by atoms with Gasteiger partial charge < -0.3 is 10.2 Å². The van der Waals surface area contributed by atoms with Crippen molar-refractivity contribution in [2.45, 2.75) is 129 Å². The van der Waals surface area contributed by atoms with Crippen LogP contribution in [0, 0.1) is 0 Å². The lowest BCUT2D eigenvalue weighted by atomic mass is 10.1. The summed E-state index contributed by atoms with van der Waals surface area (Å²) in [6.45, 7) is 3.01. The van der Waals surface area contributed by atoms with E-state index in [0.29, 0.717) is 13.2 Å². The van der Waals surface area contributed by atoms with Gasteiger partial charge in [-0.2, -0.15) is 0 Å². The second-order valence-corrected chi connectivity index (χ2v) is 8.70. The normalized spacial score (nSPS) is 11.4. The summed E-state index contributed by atoms with van der Waals surface area (Å²) >= 11 is 0. The maximum absolute atomic E-state index is 8.76. The highest BCUT2D eigenvalue weighted by atomic mass is 16.3. The Kier molecular flexibility index (Phi) is 18.4. The molecule has 29 heavy (non-hydrogen) atoms. The van der Waals surface area contributed by atoms with E-state index >= 15 is 0 Å². The van der Waals surface area contributed by atoms with Crippen LogP contribution in [-0.2, 0) is 13.1 Å². The molecule has 0 saturated carbocycles. The quantitative estimate of drug-likeness (QED) is 0.188. The van der Waals surface area contributed by atoms with Gasteiger partial charge in [0.25, 0.3) is 0 Å². The number of rotatable bonds is 22. The highest BCUT2D eigenvalue weighted by Crippen LogP contribution is 2.11. The van der Waals surface area contributed by atoms with E-state index in [-0.39, 0.29) is 0 Å². The molecule has 0 aliphatic carbocycles. The number of aliphatic hydroxyl groups is 2. The van der Waals surface area contributed by atoms with E-state index in [2.05, 4.69) is 27.9 Å². The smallest absolute Gasteiger partial charge is 0.243 e. The number of nitrogens with zero attached hydrogens (tertiary/aromatic N) is 2. The zero-order chi connectivity index (χ0) is 20.8. The van der Waals surface area contributed by atoms with Crippen LogP contribution in [0.5, 0.6) is 0 Å². The number of aliphatic hydroxyl groups excluding tert-OH is 2. The summed E-state index contributed by atoms with van der Waals surface area (Å²) in [6.07, 6.45) is 29.8. The van der Waals surface area contributed by atoms with Crippen LogP contribution < -0.4 is 4.57 Å². The fourth-order valence-corrected chi connectivity index (χ4v) is 3.99. The fraction of sp³-hybridized carbons (Fsp3) is 0.880. The van der Waals surface area contributed by atoms with E-state index in [4.69, 9.17) is 10.2 Å². The Labute approximate surface area is 180 Å². The van der Waals surface area contributed by atoms with Crippen LogP contribution in [0.15, 0.2) is 18.7 Å². The van der Waals surface area contributed by atoms with E-state index < -0.39 is 0 Å². The number of imidazole rings is 1. The van der Waals surface area contributed by atoms with Crippen molar-refractivity contribution in [3.05, 3.63) is 18.7 Å². The first-order valence-corrected chi connectivity index (χ1v) is 12.6. The van der Waals surface area contributed by atoms with Crippen LogP contribution in [0.1, 0.15) is 116 Å². The number of unbranched alkanes of at least 4 members (excludes halogenated alkanes) is 16. The van der Waals surface area contributed by atoms with Crippen molar-refractivity contribution in [2.75, 3.05) is 13.2 Å². The first-order valence-electron chi connectivity index (χ1n) is 12.6. The topological polar surface area (TPSA) is 49.3 Å². The Morgan fingerprint density at radius 3 is 1.41 bits per heavy atom. The standard InChI is InChI=1S/C25H49N2O2/c28-23-17-13-9-5-1-3-7-11-15-19-26-21-22-27(25-26)20-16-12-8-4-2-6-10-14-18-24-29/h21-22,25,28-29H,1-20,23-24H2/q+1. The first kappa shape index (κ1) is 26.2. The van der Waals surface area contributed by atoms with E-state index in [0.717, 1.165) is 25.9 Å². The third-order valence-electron chi connectivity index (χ3n) is 5.90. The largest absolute Gasteiger partial charge is 0.396 e. The van der Waals surface area contributed by atoms with E-state index in [9.17, 15) is 0 Å². The van der Waals surface area contributed by atoms with Crippen molar-refractivity contribution in [3.63, 3.8) is 0 Å². The SMILES string of the molecule is OCCCCCCCCCCCn1cc[n+](CCCCCCCCCCCO)c1. The van der Waals surface area contributed by atoms with Gasteiger partial charge in [-0.25, -0.2) is 9.13 Å². The maximum Gasteiger partial charge on any atom is 0.243 e. The minimum atomic E-state index is 0.354. The van der Waals surface area contributed by atoms with E-state index in [1.165, 1.54) is 103 Å². The molecule has 1 rings (SSSR count). The van der Waals surface area contributed by atoms with Crippen molar-refractivity contribution in [1.82, 2.24) is 4.57 Å². The summed E-state index contributed by atoms with van der Waals surface area (Å²) in [4.78, 5) is 0. The van der Waals surface area contributed by atoms with Crippen molar-refractivity contribution in [1.29, 1.82) is 0 Å². The Balaban J connectivity index is 1.88. The van der Waals surface area contributed by atoms with Gasteiger partial charge in [0.2, 0.25) is 6.33 Å². The van der Waals surface area contributed by atoms with Crippen molar-refractivity contribution < 1.29 is 14.8 Å². The highest BCUT2D eigenvalue weighted by Gasteiger charge is 2.03. The third-order valence-corrected chi connectivity index (χ3v) is 5.90. The molecule has 2 N–H and O–H groups in total. The molecule has 0 bridgehead atoms. The molecule has 170 valence electrons. The molecular weight excluding hydrogens is 360 g/mol. The molecule has 0 saturated heterocycles. The molecule has 0 fully saturated rings. The molecule has 1 heterocycles. The Bertz CT molecular complexity index is 409. The van der Waals surface area contributed by atoms with Crippen LogP contribution in [0.2, 0.25) is 0 Å². The van der Waals surface area contributed by atoms with Gasteiger partial charge in [-0.1, -0.05) is 77.0 Å². The molecule has 1 aromatic rings.